The molecule has 10 heteroatoms. The number of hydrogen-bond acceptors (Lipinski definition) is 8. The third kappa shape index (κ3) is 5.35. The first-order chi connectivity index (χ1) is 14.0. The van der Waals surface area contributed by atoms with Gasteiger partial charge < -0.3 is 10.2 Å². The highest BCUT2D eigenvalue weighted by molar-refractivity contribution is 7.14. The monoisotopic (exact) mass is 449 g/mol. The van der Waals surface area contributed by atoms with Crippen molar-refractivity contribution < 1.29 is 0 Å². The Balaban J connectivity index is 1.86. The zero-order valence-corrected chi connectivity index (χ0v) is 18.4. The lowest BCUT2D eigenvalue weighted by atomic mass is 10.2. The number of nitrogens with one attached hydrogen (secondary N) is 2. The van der Waals surface area contributed by atoms with Gasteiger partial charge in [-0.15, -0.1) is 17.9 Å². The van der Waals surface area contributed by atoms with Gasteiger partial charge in [-0.2, -0.15) is 15.0 Å². The van der Waals surface area contributed by atoms with Crippen LogP contribution in [0.1, 0.15) is 13.8 Å². The molecule has 0 aliphatic heterocycles. The van der Waals surface area contributed by atoms with Gasteiger partial charge in [0.15, 0.2) is 5.13 Å². The number of nitrogens with zero attached hydrogens (tertiary/aromatic N) is 5. The molecule has 1 aromatic carbocycles. The molecule has 0 spiro atoms. The van der Waals surface area contributed by atoms with Gasteiger partial charge in [-0.25, -0.2) is 4.98 Å². The number of halogens is 2. The molecule has 0 aliphatic rings. The van der Waals surface area contributed by atoms with Crippen molar-refractivity contribution in [3.8, 4) is 11.3 Å². The van der Waals surface area contributed by atoms with Gasteiger partial charge in [0, 0.05) is 30.6 Å². The first-order valence-corrected chi connectivity index (χ1v) is 10.7. The van der Waals surface area contributed by atoms with Crippen molar-refractivity contribution in [2.75, 3.05) is 35.2 Å². The molecule has 7 nitrogen and oxygen atoms in total. The van der Waals surface area contributed by atoms with Gasteiger partial charge in [0.05, 0.1) is 15.7 Å². The van der Waals surface area contributed by atoms with E-state index < -0.39 is 0 Å². The van der Waals surface area contributed by atoms with E-state index in [1.807, 2.05) is 11.4 Å². The van der Waals surface area contributed by atoms with Crippen molar-refractivity contribution in [1.29, 1.82) is 0 Å². The highest BCUT2D eigenvalue weighted by Gasteiger charge is 2.13. The van der Waals surface area contributed by atoms with Gasteiger partial charge in [0.25, 0.3) is 0 Å². The molecule has 0 unspecified atom stereocenters. The highest BCUT2D eigenvalue weighted by Crippen LogP contribution is 2.31. The highest BCUT2D eigenvalue weighted by atomic mass is 35.5. The first-order valence-electron chi connectivity index (χ1n) is 9.07. The van der Waals surface area contributed by atoms with Gasteiger partial charge >= 0.3 is 0 Å². The van der Waals surface area contributed by atoms with Crippen molar-refractivity contribution in [2.45, 2.75) is 13.8 Å². The Labute approximate surface area is 183 Å². The third-order valence-electron chi connectivity index (χ3n) is 4.01. The molecule has 29 heavy (non-hydrogen) atoms. The van der Waals surface area contributed by atoms with Gasteiger partial charge in [-0.1, -0.05) is 35.3 Å². The van der Waals surface area contributed by atoms with Crippen LogP contribution in [0.3, 0.4) is 0 Å². The maximum Gasteiger partial charge on any atom is 0.235 e. The summed E-state index contributed by atoms with van der Waals surface area (Å²) in [6.45, 7) is 9.97. The fourth-order valence-electron chi connectivity index (χ4n) is 2.53. The van der Waals surface area contributed by atoms with Crippen molar-refractivity contribution in [2.24, 2.45) is 0 Å². The summed E-state index contributed by atoms with van der Waals surface area (Å²) in [5.74, 6) is 1.49. The zero-order chi connectivity index (χ0) is 20.8. The Kier molecular flexibility index (Phi) is 7.24. The molecule has 0 atom stereocenters. The number of anilines is 4. The van der Waals surface area contributed by atoms with Gasteiger partial charge in [0.2, 0.25) is 17.8 Å². The lowest BCUT2D eigenvalue weighted by Gasteiger charge is -2.19. The molecular formula is C19H21Cl2N7S. The predicted octanol–water partition coefficient (Wildman–Crippen LogP) is 5.49. The van der Waals surface area contributed by atoms with E-state index in [1.165, 1.54) is 11.3 Å². The maximum atomic E-state index is 6.12. The quantitative estimate of drug-likeness (QED) is 0.418. The van der Waals surface area contributed by atoms with E-state index in [0.717, 1.165) is 24.3 Å². The second-order valence-corrected chi connectivity index (χ2v) is 7.59. The molecule has 0 radical (unpaired) electrons. The van der Waals surface area contributed by atoms with Gasteiger partial charge in [-0.05, 0) is 26.0 Å². The van der Waals surface area contributed by atoms with Crippen LogP contribution in [0.4, 0.5) is 23.0 Å². The van der Waals surface area contributed by atoms with Crippen molar-refractivity contribution in [1.82, 2.24) is 19.9 Å². The molecule has 0 amide bonds. The average Bonchev–Trinajstić information content (AvgIpc) is 3.18. The first kappa shape index (κ1) is 21.3. The summed E-state index contributed by atoms with van der Waals surface area (Å²) in [7, 11) is 0. The second-order valence-electron chi connectivity index (χ2n) is 5.92. The number of thiazole rings is 1. The average molecular weight is 450 g/mol. The Morgan fingerprint density at radius 3 is 2.52 bits per heavy atom. The minimum Gasteiger partial charge on any atom is -0.351 e. The number of benzene rings is 1. The molecule has 0 fully saturated rings. The fourth-order valence-corrected chi connectivity index (χ4v) is 3.54. The Bertz CT molecular complexity index is 988. The molecule has 0 saturated heterocycles. The van der Waals surface area contributed by atoms with Gasteiger partial charge in [-0.3, -0.25) is 5.32 Å². The van der Waals surface area contributed by atoms with Crippen LogP contribution in [0.25, 0.3) is 11.3 Å². The van der Waals surface area contributed by atoms with Crippen LogP contribution < -0.4 is 15.5 Å². The molecule has 2 heterocycles. The van der Waals surface area contributed by atoms with Crippen LogP contribution in [0, 0.1) is 0 Å². The number of aromatic nitrogens is 4. The summed E-state index contributed by atoms with van der Waals surface area (Å²) in [5.41, 5.74) is 1.68. The number of rotatable bonds is 9. The molecule has 2 aromatic heterocycles. The van der Waals surface area contributed by atoms with E-state index in [1.54, 1.807) is 18.2 Å². The lowest BCUT2D eigenvalue weighted by Crippen LogP contribution is -2.25. The molecule has 152 valence electrons. The molecule has 3 aromatic rings. The Morgan fingerprint density at radius 1 is 1.07 bits per heavy atom. The second kappa shape index (κ2) is 9.87. The molecule has 0 bridgehead atoms. The van der Waals surface area contributed by atoms with Gasteiger partial charge in [0.1, 0.15) is 0 Å². The minimum atomic E-state index is 0.420. The van der Waals surface area contributed by atoms with E-state index in [2.05, 4.69) is 55.9 Å². The summed E-state index contributed by atoms with van der Waals surface area (Å²) in [5, 5.41) is 9.89. The van der Waals surface area contributed by atoms with E-state index in [0.29, 0.717) is 39.6 Å². The summed E-state index contributed by atoms with van der Waals surface area (Å²) < 4.78 is 0. The minimum absolute atomic E-state index is 0.420. The van der Waals surface area contributed by atoms with Crippen molar-refractivity contribution in [3.05, 3.63) is 46.3 Å². The zero-order valence-electron chi connectivity index (χ0n) is 16.1. The van der Waals surface area contributed by atoms with Crippen LogP contribution in [0.15, 0.2) is 36.2 Å². The van der Waals surface area contributed by atoms with E-state index in [4.69, 9.17) is 23.2 Å². The Hall–Kier alpha value is -2.42. The topological polar surface area (TPSA) is 78.9 Å². The number of hydrogen-bond donors (Lipinski definition) is 2. The SMILES string of the molecule is C=CCNc1nc(Nc2nc(-c3ccc(Cl)c(Cl)c3)cs2)nc(N(CC)CC)n1. The standard InChI is InChI=1S/C19H21Cl2N7S/c1-4-9-22-16-24-17(26-18(25-16)28(5-2)6-3)27-19-23-15(11-29-19)12-7-8-13(20)14(21)10-12/h4,7-8,10-11H,1,5-6,9H2,2-3H3,(H2,22,23,24,25,26,27). The summed E-state index contributed by atoms with van der Waals surface area (Å²) in [6.07, 6.45) is 1.75. The van der Waals surface area contributed by atoms with Crippen molar-refractivity contribution >= 4 is 57.5 Å². The maximum absolute atomic E-state index is 6.12. The van der Waals surface area contributed by atoms with Crippen LogP contribution in [0.5, 0.6) is 0 Å². The van der Waals surface area contributed by atoms with E-state index >= 15 is 0 Å². The molecule has 0 saturated carbocycles. The van der Waals surface area contributed by atoms with E-state index in [9.17, 15) is 0 Å². The summed E-state index contributed by atoms with van der Waals surface area (Å²) >= 11 is 13.6. The van der Waals surface area contributed by atoms with Crippen LogP contribution in [-0.2, 0) is 0 Å². The van der Waals surface area contributed by atoms with Crippen molar-refractivity contribution in [3.63, 3.8) is 0 Å². The largest absolute Gasteiger partial charge is 0.351 e. The molecular weight excluding hydrogens is 429 g/mol. The molecule has 0 aliphatic carbocycles. The van der Waals surface area contributed by atoms with Crippen LogP contribution >= 0.6 is 34.5 Å². The molecule has 2 N–H and O–H groups in total. The predicted molar refractivity (Wildman–Crippen MR) is 123 cm³/mol. The Morgan fingerprint density at radius 2 is 1.83 bits per heavy atom. The fraction of sp³-hybridized carbons (Fsp3) is 0.263. The van der Waals surface area contributed by atoms with Crippen LogP contribution in [0.2, 0.25) is 10.0 Å². The summed E-state index contributed by atoms with van der Waals surface area (Å²) in [4.78, 5) is 20.1. The van der Waals surface area contributed by atoms with Crippen LogP contribution in [-0.4, -0.2) is 39.6 Å². The lowest BCUT2D eigenvalue weighted by molar-refractivity contribution is 0.814. The smallest absolute Gasteiger partial charge is 0.235 e. The molecule has 3 rings (SSSR count). The summed E-state index contributed by atoms with van der Waals surface area (Å²) in [6, 6.07) is 5.43. The normalized spacial score (nSPS) is 10.6. The third-order valence-corrected chi connectivity index (χ3v) is 5.51. The van der Waals surface area contributed by atoms with E-state index in [-0.39, 0.29) is 0 Å².